The van der Waals surface area contributed by atoms with E-state index in [-0.39, 0.29) is 0 Å². The van der Waals surface area contributed by atoms with Crippen LogP contribution in [0.15, 0.2) is 30.3 Å². The average molecular weight is 229 g/mol. The van der Waals surface area contributed by atoms with Gasteiger partial charge in [0.05, 0.1) is 0 Å². The molecule has 1 nitrogen and oxygen atoms in total. The molecule has 0 spiro atoms. The molecule has 0 heterocycles. The van der Waals surface area contributed by atoms with Crippen molar-refractivity contribution in [2.75, 3.05) is 5.32 Å². The van der Waals surface area contributed by atoms with E-state index in [4.69, 9.17) is 0 Å². The van der Waals surface area contributed by atoms with E-state index in [9.17, 15) is 0 Å². The van der Waals surface area contributed by atoms with Gasteiger partial charge in [0.25, 0.3) is 0 Å². The minimum atomic E-state index is 0.466. The molecule has 17 heavy (non-hydrogen) atoms. The molecule has 0 aromatic heterocycles. The summed E-state index contributed by atoms with van der Waals surface area (Å²) in [6.07, 6.45) is 4.16. The first-order valence-electron chi connectivity index (χ1n) is 6.86. The van der Waals surface area contributed by atoms with Gasteiger partial charge >= 0.3 is 0 Å². The van der Waals surface area contributed by atoms with Gasteiger partial charge in [-0.3, -0.25) is 0 Å². The van der Waals surface area contributed by atoms with Crippen LogP contribution in [-0.4, -0.2) is 6.04 Å². The molecule has 1 heteroatoms. The van der Waals surface area contributed by atoms with Crippen LogP contribution in [-0.2, 0) is 0 Å². The van der Waals surface area contributed by atoms with Gasteiger partial charge in [-0.15, -0.1) is 0 Å². The summed E-state index contributed by atoms with van der Waals surface area (Å²) in [5.41, 5.74) is 2.24. The zero-order valence-electron chi connectivity index (χ0n) is 11.2. The Hall–Kier alpha value is -0.980. The first-order chi connectivity index (χ1) is 8.04. The Morgan fingerprint density at radius 2 is 1.82 bits per heavy atom. The lowest BCUT2D eigenvalue weighted by molar-refractivity contribution is 0.142. The molecule has 1 aromatic carbocycles. The van der Waals surface area contributed by atoms with E-state index in [0.717, 1.165) is 5.92 Å². The Morgan fingerprint density at radius 3 is 2.35 bits per heavy atom. The fraction of sp³-hybridized carbons (Fsp3) is 0.625. The SMILES string of the molecule is CC1(C)[C@H]2CC[C@@]1(C)[C@@H](Nc1ccccc1)C2. The van der Waals surface area contributed by atoms with Crippen LogP contribution in [0.3, 0.4) is 0 Å². The van der Waals surface area contributed by atoms with Crippen LogP contribution in [0, 0.1) is 16.7 Å². The van der Waals surface area contributed by atoms with E-state index in [0.29, 0.717) is 16.9 Å². The van der Waals surface area contributed by atoms with Gasteiger partial charge in [0, 0.05) is 11.7 Å². The summed E-state index contributed by atoms with van der Waals surface area (Å²) in [6.45, 7) is 7.43. The predicted octanol–water partition coefficient (Wildman–Crippen LogP) is 4.31. The smallest absolute Gasteiger partial charge is 0.0342 e. The Labute approximate surface area is 105 Å². The van der Waals surface area contributed by atoms with Crippen molar-refractivity contribution in [3.63, 3.8) is 0 Å². The molecule has 0 unspecified atom stereocenters. The molecule has 92 valence electrons. The fourth-order valence-corrected chi connectivity index (χ4v) is 4.16. The lowest BCUT2D eigenvalue weighted by Gasteiger charge is -2.40. The van der Waals surface area contributed by atoms with E-state index in [1.165, 1.54) is 24.9 Å². The third kappa shape index (κ3) is 1.44. The normalized spacial score (nSPS) is 38.3. The number of nitrogens with one attached hydrogen (secondary N) is 1. The molecule has 0 saturated heterocycles. The Morgan fingerprint density at radius 1 is 1.12 bits per heavy atom. The molecule has 3 atom stereocenters. The predicted molar refractivity (Wildman–Crippen MR) is 73.1 cm³/mol. The highest BCUT2D eigenvalue weighted by atomic mass is 15.0. The van der Waals surface area contributed by atoms with Crippen molar-refractivity contribution in [2.45, 2.75) is 46.1 Å². The second-order valence-electron chi connectivity index (χ2n) is 6.67. The van der Waals surface area contributed by atoms with Gasteiger partial charge in [0.15, 0.2) is 0 Å². The standard InChI is InChI=1S/C16H23N/c1-15(2)12-9-10-16(15,3)14(11-12)17-13-7-5-4-6-8-13/h4-8,12,14,17H,9-11H2,1-3H3/t12-,14-,16-/m0/s1. The molecule has 1 N–H and O–H groups in total. The number of fused-ring (bicyclic) bond motifs is 2. The van der Waals surface area contributed by atoms with Gasteiger partial charge in [0.2, 0.25) is 0 Å². The zero-order chi connectivity index (χ0) is 12.1. The van der Waals surface area contributed by atoms with Crippen molar-refractivity contribution in [3.05, 3.63) is 30.3 Å². The minimum absolute atomic E-state index is 0.466. The Balaban J connectivity index is 1.83. The molecule has 0 aliphatic heterocycles. The maximum absolute atomic E-state index is 3.77. The van der Waals surface area contributed by atoms with Gasteiger partial charge in [-0.1, -0.05) is 39.0 Å². The van der Waals surface area contributed by atoms with Crippen LogP contribution in [0.5, 0.6) is 0 Å². The summed E-state index contributed by atoms with van der Waals surface area (Å²) < 4.78 is 0. The monoisotopic (exact) mass is 229 g/mol. The number of rotatable bonds is 2. The second kappa shape index (κ2) is 3.51. The highest BCUT2D eigenvalue weighted by Gasteiger charge is 2.61. The van der Waals surface area contributed by atoms with Crippen LogP contribution in [0.25, 0.3) is 0 Å². The summed E-state index contributed by atoms with van der Waals surface area (Å²) in [4.78, 5) is 0. The number of para-hydroxylation sites is 1. The first-order valence-corrected chi connectivity index (χ1v) is 6.86. The van der Waals surface area contributed by atoms with Crippen LogP contribution in [0.2, 0.25) is 0 Å². The molecule has 3 rings (SSSR count). The van der Waals surface area contributed by atoms with E-state index < -0.39 is 0 Å². The van der Waals surface area contributed by atoms with Crippen LogP contribution >= 0.6 is 0 Å². The third-order valence-corrected chi connectivity index (χ3v) is 5.91. The van der Waals surface area contributed by atoms with Gasteiger partial charge in [0.1, 0.15) is 0 Å². The molecular formula is C16H23N. The van der Waals surface area contributed by atoms with Crippen molar-refractivity contribution in [1.29, 1.82) is 0 Å². The Bertz CT molecular complexity index is 409. The van der Waals surface area contributed by atoms with E-state index in [1.807, 2.05) is 0 Å². The van der Waals surface area contributed by atoms with Gasteiger partial charge in [-0.2, -0.15) is 0 Å². The highest BCUT2D eigenvalue weighted by Crippen LogP contribution is 2.65. The van der Waals surface area contributed by atoms with E-state index in [2.05, 4.69) is 56.4 Å². The summed E-state index contributed by atoms with van der Waals surface area (Å²) in [5, 5.41) is 3.77. The number of anilines is 1. The van der Waals surface area contributed by atoms with E-state index >= 15 is 0 Å². The molecule has 2 aliphatic rings. The molecule has 2 saturated carbocycles. The summed E-state index contributed by atoms with van der Waals surface area (Å²) in [7, 11) is 0. The van der Waals surface area contributed by atoms with Gasteiger partial charge in [-0.25, -0.2) is 0 Å². The highest BCUT2D eigenvalue weighted by molar-refractivity contribution is 5.45. The van der Waals surface area contributed by atoms with Crippen molar-refractivity contribution < 1.29 is 0 Å². The topological polar surface area (TPSA) is 12.0 Å². The third-order valence-electron chi connectivity index (χ3n) is 5.91. The molecule has 0 radical (unpaired) electrons. The number of hydrogen-bond donors (Lipinski definition) is 1. The second-order valence-corrected chi connectivity index (χ2v) is 6.67. The van der Waals surface area contributed by atoms with Crippen molar-refractivity contribution in [1.82, 2.24) is 0 Å². The van der Waals surface area contributed by atoms with Crippen LogP contribution in [0.4, 0.5) is 5.69 Å². The fourth-order valence-electron chi connectivity index (χ4n) is 4.16. The van der Waals surface area contributed by atoms with Crippen molar-refractivity contribution in [2.24, 2.45) is 16.7 Å². The van der Waals surface area contributed by atoms with Crippen LogP contribution in [0.1, 0.15) is 40.0 Å². The average Bonchev–Trinajstić information content (AvgIpc) is 2.63. The maximum atomic E-state index is 3.77. The molecule has 0 amide bonds. The lowest BCUT2D eigenvalue weighted by Crippen LogP contribution is -2.40. The largest absolute Gasteiger partial charge is 0.382 e. The van der Waals surface area contributed by atoms with Gasteiger partial charge < -0.3 is 5.32 Å². The minimum Gasteiger partial charge on any atom is -0.382 e. The molecule has 1 aromatic rings. The molecule has 2 bridgehead atoms. The molecule has 2 fully saturated rings. The molecule has 2 aliphatic carbocycles. The van der Waals surface area contributed by atoms with Gasteiger partial charge in [-0.05, 0) is 48.1 Å². The number of benzene rings is 1. The summed E-state index contributed by atoms with van der Waals surface area (Å²) in [6, 6.07) is 11.3. The quantitative estimate of drug-likeness (QED) is 0.796. The molecular weight excluding hydrogens is 206 g/mol. The van der Waals surface area contributed by atoms with Crippen molar-refractivity contribution >= 4 is 5.69 Å². The van der Waals surface area contributed by atoms with E-state index in [1.54, 1.807) is 0 Å². The first kappa shape index (κ1) is 11.1. The van der Waals surface area contributed by atoms with Crippen molar-refractivity contribution in [3.8, 4) is 0 Å². The summed E-state index contributed by atoms with van der Waals surface area (Å²) >= 11 is 0. The lowest BCUT2D eigenvalue weighted by atomic mass is 9.69. The Kier molecular flexibility index (Phi) is 2.30. The summed E-state index contributed by atoms with van der Waals surface area (Å²) in [5.74, 6) is 0.911. The number of hydrogen-bond acceptors (Lipinski definition) is 1. The van der Waals surface area contributed by atoms with Crippen LogP contribution < -0.4 is 5.32 Å². The zero-order valence-corrected chi connectivity index (χ0v) is 11.2. The maximum Gasteiger partial charge on any atom is 0.0342 e.